The van der Waals surface area contributed by atoms with Gasteiger partial charge in [-0.3, -0.25) is 4.57 Å². The second-order valence-corrected chi connectivity index (χ2v) is 5.33. The van der Waals surface area contributed by atoms with Crippen molar-refractivity contribution < 1.29 is 14.3 Å². The van der Waals surface area contributed by atoms with Crippen LogP contribution in [0, 0.1) is 18.8 Å². The first-order valence-corrected chi connectivity index (χ1v) is 7.53. The van der Waals surface area contributed by atoms with Gasteiger partial charge in [0.15, 0.2) is 5.82 Å². The van der Waals surface area contributed by atoms with Crippen LogP contribution in [0.5, 0.6) is 5.88 Å². The van der Waals surface area contributed by atoms with Gasteiger partial charge in [-0.1, -0.05) is 35.2 Å². The van der Waals surface area contributed by atoms with Crippen molar-refractivity contribution in [1.82, 2.24) is 9.55 Å². The molecule has 0 spiro atoms. The van der Waals surface area contributed by atoms with Crippen LogP contribution in [0.15, 0.2) is 18.2 Å². The molecule has 0 aliphatic heterocycles. The molecule has 0 aliphatic carbocycles. The lowest BCUT2D eigenvalue weighted by atomic mass is 10.2. The fraction of sp³-hybridized carbons (Fsp3) is 0.250. The molecule has 1 aromatic carbocycles. The van der Waals surface area contributed by atoms with Gasteiger partial charge in [0.2, 0.25) is 5.88 Å². The fourth-order valence-corrected chi connectivity index (χ4v) is 2.33. The van der Waals surface area contributed by atoms with Gasteiger partial charge in [-0.05, 0) is 31.9 Å². The monoisotopic (exact) mass is 352 g/mol. The number of imidazole rings is 1. The van der Waals surface area contributed by atoms with Crippen molar-refractivity contribution >= 4 is 29.4 Å². The summed E-state index contributed by atoms with van der Waals surface area (Å²) in [6.45, 7) is 3.64. The van der Waals surface area contributed by atoms with E-state index in [1.807, 2.05) is 0 Å². The molecule has 0 saturated heterocycles. The van der Waals surface area contributed by atoms with E-state index in [1.54, 1.807) is 43.7 Å². The summed E-state index contributed by atoms with van der Waals surface area (Å²) >= 11 is 12.2. The standard InChI is InChI=1S/C16H14Cl2N2O3/c1-4-22-16(21)23-15-10(2)19-14(20(15)3)9-8-11-12(17)6-5-7-13(11)18/h5-7H,4H2,1-3H3. The van der Waals surface area contributed by atoms with E-state index in [0.29, 0.717) is 27.1 Å². The molecule has 0 fully saturated rings. The number of rotatable bonds is 2. The minimum Gasteiger partial charge on any atom is -0.434 e. The number of benzene rings is 1. The Morgan fingerprint density at radius 2 is 1.96 bits per heavy atom. The first kappa shape index (κ1) is 17.2. The number of nitrogens with zero attached hydrogens (tertiary/aromatic N) is 2. The molecule has 0 saturated carbocycles. The molecule has 5 nitrogen and oxygen atoms in total. The summed E-state index contributed by atoms with van der Waals surface area (Å²) in [4.78, 5) is 15.7. The van der Waals surface area contributed by atoms with E-state index < -0.39 is 6.16 Å². The molecule has 2 rings (SSSR count). The normalized spacial score (nSPS) is 9.96. The quantitative estimate of drug-likeness (QED) is 0.606. The summed E-state index contributed by atoms with van der Waals surface area (Å²) in [7, 11) is 1.69. The van der Waals surface area contributed by atoms with Crippen LogP contribution in [0.3, 0.4) is 0 Å². The maximum atomic E-state index is 11.4. The largest absolute Gasteiger partial charge is 0.515 e. The molecule has 1 aromatic heterocycles. The van der Waals surface area contributed by atoms with Crippen LogP contribution in [0.4, 0.5) is 4.79 Å². The van der Waals surface area contributed by atoms with Crippen LogP contribution < -0.4 is 4.74 Å². The van der Waals surface area contributed by atoms with Gasteiger partial charge in [0.25, 0.3) is 0 Å². The average molecular weight is 353 g/mol. The zero-order valence-electron chi connectivity index (χ0n) is 12.8. The van der Waals surface area contributed by atoms with Gasteiger partial charge in [0.05, 0.1) is 22.2 Å². The topological polar surface area (TPSA) is 53.4 Å². The van der Waals surface area contributed by atoms with Crippen molar-refractivity contribution in [1.29, 1.82) is 0 Å². The van der Waals surface area contributed by atoms with Crippen LogP contribution in [0.1, 0.15) is 24.0 Å². The summed E-state index contributed by atoms with van der Waals surface area (Å²) in [6.07, 6.45) is -0.785. The van der Waals surface area contributed by atoms with E-state index in [-0.39, 0.29) is 12.5 Å². The molecule has 23 heavy (non-hydrogen) atoms. The van der Waals surface area contributed by atoms with Crippen molar-refractivity contribution in [3.63, 3.8) is 0 Å². The Morgan fingerprint density at radius 3 is 2.57 bits per heavy atom. The van der Waals surface area contributed by atoms with Crippen LogP contribution in [0.25, 0.3) is 0 Å². The number of carbonyl (C=O) groups is 1. The van der Waals surface area contributed by atoms with E-state index in [1.165, 1.54) is 0 Å². The van der Waals surface area contributed by atoms with E-state index in [9.17, 15) is 4.79 Å². The lowest BCUT2D eigenvalue weighted by Gasteiger charge is -2.05. The number of ether oxygens (including phenoxy) is 2. The van der Waals surface area contributed by atoms with E-state index >= 15 is 0 Å². The molecule has 120 valence electrons. The van der Waals surface area contributed by atoms with Crippen molar-refractivity contribution in [3.8, 4) is 17.7 Å². The smallest absolute Gasteiger partial charge is 0.434 e. The predicted molar refractivity (Wildman–Crippen MR) is 88.0 cm³/mol. The Kier molecular flexibility index (Phi) is 5.54. The van der Waals surface area contributed by atoms with Gasteiger partial charge >= 0.3 is 6.16 Å². The highest BCUT2D eigenvalue weighted by molar-refractivity contribution is 6.36. The second kappa shape index (κ2) is 7.40. The highest BCUT2D eigenvalue weighted by Gasteiger charge is 2.16. The highest BCUT2D eigenvalue weighted by Crippen LogP contribution is 2.23. The minimum atomic E-state index is -0.785. The second-order valence-electron chi connectivity index (χ2n) is 4.52. The summed E-state index contributed by atoms with van der Waals surface area (Å²) in [5.41, 5.74) is 1.04. The number of aromatic nitrogens is 2. The van der Waals surface area contributed by atoms with Crippen LogP contribution in [-0.2, 0) is 11.8 Å². The molecule has 1 heterocycles. The number of hydrogen-bond acceptors (Lipinski definition) is 4. The highest BCUT2D eigenvalue weighted by atomic mass is 35.5. The van der Waals surface area contributed by atoms with Gasteiger partial charge in [0.1, 0.15) is 5.69 Å². The molecule has 0 aliphatic rings. The summed E-state index contributed by atoms with van der Waals surface area (Å²) < 4.78 is 11.4. The molecule has 0 unspecified atom stereocenters. The summed E-state index contributed by atoms with van der Waals surface area (Å²) in [5.74, 6) is 6.46. The van der Waals surface area contributed by atoms with Crippen molar-refractivity contribution in [2.24, 2.45) is 7.05 Å². The van der Waals surface area contributed by atoms with Crippen LogP contribution >= 0.6 is 23.2 Å². The fourth-order valence-electron chi connectivity index (χ4n) is 1.84. The number of carbonyl (C=O) groups excluding carboxylic acids is 1. The molecular formula is C16H14Cl2N2O3. The summed E-state index contributed by atoms with van der Waals surface area (Å²) in [5, 5.41) is 0.915. The Labute approximate surface area is 144 Å². The Bertz CT molecular complexity index is 783. The Morgan fingerprint density at radius 1 is 1.30 bits per heavy atom. The van der Waals surface area contributed by atoms with Crippen molar-refractivity contribution in [2.45, 2.75) is 13.8 Å². The molecule has 0 atom stereocenters. The lowest BCUT2D eigenvalue weighted by Crippen LogP contribution is -2.13. The molecule has 0 radical (unpaired) electrons. The van der Waals surface area contributed by atoms with E-state index in [0.717, 1.165) is 0 Å². The number of aryl methyl sites for hydroxylation is 1. The lowest BCUT2D eigenvalue weighted by molar-refractivity contribution is 0.101. The zero-order chi connectivity index (χ0) is 17.0. The maximum Gasteiger partial charge on any atom is 0.515 e. The van der Waals surface area contributed by atoms with Gasteiger partial charge < -0.3 is 9.47 Å². The molecule has 7 heteroatoms. The minimum absolute atomic E-state index is 0.230. The number of halogens is 2. The Hall–Kier alpha value is -2.16. The first-order chi connectivity index (χ1) is 10.9. The third-order valence-corrected chi connectivity index (χ3v) is 3.54. The molecule has 0 amide bonds. The number of hydrogen-bond donors (Lipinski definition) is 0. The van der Waals surface area contributed by atoms with E-state index in [2.05, 4.69) is 16.8 Å². The molecule has 0 N–H and O–H groups in total. The third-order valence-electron chi connectivity index (χ3n) is 2.91. The van der Waals surface area contributed by atoms with E-state index in [4.69, 9.17) is 32.7 Å². The van der Waals surface area contributed by atoms with Gasteiger partial charge in [-0.25, -0.2) is 9.78 Å². The van der Waals surface area contributed by atoms with Crippen molar-refractivity contribution in [2.75, 3.05) is 6.61 Å². The predicted octanol–water partition coefficient (Wildman–Crippen LogP) is 3.97. The summed E-state index contributed by atoms with van der Waals surface area (Å²) in [6, 6.07) is 5.15. The van der Waals surface area contributed by atoms with Gasteiger partial charge in [-0.15, -0.1) is 0 Å². The average Bonchev–Trinajstić information content (AvgIpc) is 2.75. The van der Waals surface area contributed by atoms with Crippen molar-refractivity contribution in [3.05, 3.63) is 45.3 Å². The van der Waals surface area contributed by atoms with Crippen LogP contribution in [-0.4, -0.2) is 22.3 Å². The third kappa shape index (κ3) is 3.98. The van der Waals surface area contributed by atoms with Gasteiger partial charge in [-0.2, -0.15) is 0 Å². The molecule has 2 aromatic rings. The molecule has 0 bridgehead atoms. The maximum absolute atomic E-state index is 11.4. The Balaban J connectivity index is 2.33. The molecular weight excluding hydrogens is 339 g/mol. The first-order valence-electron chi connectivity index (χ1n) is 6.78. The zero-order valence-corrected chi connectivity index (χ0v) is 14.3. The van der Waals surface area contributed by atoms with Gasteiger partial charge in [0, 0.05) is 7.05 Å². The SMILES string of the molecule is CCOC(=O)Oc1c(C)nc(C#Cc2c(Cl)cccc2Cl)n1C. The van der Waals surface area contributed by atoms with Crippen LogP contribution in [0.2, 0.25) is 10.0 Å².